The molecule has 0 radical (unpaired) electrons. The van der Waals surface area contributed by atoms with Crippen molar-refractivity contribution in [3.8, 4) is 5.75 Å². The molecule has 2 nitrogen and oxygen atoms in total. The van der Waals surface area contributed by atoms with E-state index in [1.807, 2.05) is 25.1 Å². The summed E-state index contributed by atoms with van der Waals surface area (Å²) in [5, 5.41) is 0. The van der Waals surface area contributed by atoms with E-state index in [1.165, 1.54) is 6.07 Å². The third kappa shape index (κ3) is 3.55. The fourth-order valence-corrected chi connectivity index (χ4v) is 2.35. The van der Waals surface area contributed by atoms with Crippen molar-refractivity contribution in [2.75, 3.05) is 0 Å². The van der Waals surface area contributed by atoms with Gasteiger partial charge in [0.15, 0.2) is 0 Å². The Morgan fingerprint density at radius 2 is 2.05 bits per heavy atom. The Kier molecular flexibility index (Phi) is 4.73. The van der Waals surface area contributed by atoms with E-state index in [0.29, 0.717) is 11.1 Å². The SMILES string of the molecule is Cc1cc(Br)ccc1OCc1ccc(C(N)=S)cc1F. The van der Waals surface area contributed by atoms with Crippen LogP contribution in [0.3, 0.4) is 0 Å². The molecule has 104 valence electrons. The average molecular weight is 354 g/mol. The zero-order valence-electron chi connectivity index (χ0n) is 10.8. The van der Waals surface area contributed by atoms with Crippen LogP contribution in [0.4, 0.5) is 4.39 Å². The van der Waals surface area contributed by atoms with Gasteiger partial charge in [-0.05, 0) is 36.8 Å². The van der Waals surface area contributed by atoms with E-state index >= 15 is 0 Å². The van der Waals surface area contributed by atoms with Crippen molar-refractivity contribution in [2.45, 2.75) is 13.5 Å². The second kappa shape index (κ2) is 6.33. The summed E-state index contributed by atoms with van der Waals surface area (Å²) < 4.78 is 20.5. The highest BCUT2D eigenvalue weighted by Crippen LogP contribution is 2.23. The van der Waals surface area contributed by atoms with Gasteiger partial charge in [-0.1, -0.05) is 40.3 Å². The van der Waals surface area contributed by atoms with E-state index in [4.69, 9.17) is 22.7 Å². The summed E-state index contributed by atoms with van der Waals surface area (Å²) in [6, 6.07) is 10.3. The second-order valence-corrected chi connectivity index (χ2v) is 5.72. The Bertz CT molecular complexity index is 660. The number of nitrogens with two attached hydrogens (primary N) is 1. The van der Waals surface area contributed by atoms with Crippen molar-refractivity contribution < 1.29 is 9.13 Å². The van der Waals surface area contributed by atoms with Gasteiger partial charge in [0.1, 0.15) is 23.2 Å². The van der Waals surface area contributed by atoms with E-state index in [9.17, 15) is 4.39 Å². The van der Waals surface area contributed by atoms with E-state index in [2.05, 4.69) is 15.9 Å². The summed E-state index contributed by atoms with van der Waals surface area (Å²) >= 11 is 8.20. The van der Waals surface area contributed by atoms with E-state index in [1.54, 1.807) is 12.1 Å². The summed E-state index contributed by atoms with van der Waals surface area (Å²) in [6.07, 6.45) is 0. The zero-order chi connectivity index (χ0) is 14.7. The van der Waals surface area contributed by atoms with Crippen molar-refractivity contribution in [1.82, 2.24) is 0 Å². The Labute approximate surface area is 130 Å². The molecule has 2 aromatic rings. The number of benzene rings is 2. The molecule has 2 aromatic carbocycles. The number of thiocarbonyl (C=S) groups is 1. The molecule has 0 amide bonds. The molecule has 20 heavy (non-hydrogen) atoms. The Morgan fingerprint density at radius 1 is 1.30 bits per heavy atom. The van der Waals surface area contributed by atoms with Crippen LogP contribution >= 0.6 is 28.1 Å². The lowest BCUT2D eigenvalue weighted by molar-refractivity contribution is 0.298. The van der Waals surface area contributed by atoms with E-state index < -0.39 is 0 Å². The molecule has 0 aromatic heterocycles. The highest BCUT2D eigenvalue weighted by atomic mass is 79.9. The average Bonchev–Trinajstić information content (AvgIpc) is 2.38. The lowest BCUT2D eigenvalue weighted by atomic mass is 10.1. The lowest BCUT2D eigenvalue weighted by Crippen LogP contribution is -2.10. The van der Waals surface area contributed by atoms with Crippen LogP contribution in [0, 0.1) is 12.7 Å². The normalized spacial score (nSPS) is 10.3. The summed E-state index contributed by atoms with van der Waals surface area (Å²) in [7, 11) is 0. The molecule has 0 heterocycles. The summed E-state index contributed by atoms with van der Waals surface area (Å²) in [5.74, 6) is 0.357. The standard InChI is InChI=1S/C15H13BrFNOS/c1-9-6-12(16)4-5-14(9)19-8-11-3-2-10(15(18)20)7-13(11)17/h2-7H,8H2,1H3,(H2,18,20). The van der Waals surface area contributed by atoms with Crippen LogP contribution < -0.4 is 10.5 Å². The van der Waals surface area contributed by atoms with Gasteiger partial charge in [-0.2, -0.15) is 0 Å². The predicted molar refractivity (Wildman–Crippen MR) is 85.5 cm³/mol. The number of hydrogen-bond donors (Lipinski definition) is 1. The number of hydrogen-bond acceptors (Lipinski definition) is 2. The maximum atomic E-state index is 13.9. The van der Waals surface area contributed by atoms with Crippen LogP contribution in [0.5, 0.6) is 5.75 Å². The minimum Gasteiger partial charge on any atom is -0.489 e. The molecule has 2 rings (SSSR count). The van der Waals surface area contributed by atoms with Crippen LogP contribution in [0.2, 0.25) is 0 Å². The zero-order valence-corrected chi connectivity index (χ0v) is 13.2. The third-order valence-corrected chi connectivity index (χ3v) is 3.59. The maximum Gasteiger partial charge on any atom is 0.130 e. The van der Waals surface area contributed by atoms with Gasteiger partial charge in [-0.15, -0.1) is 0 Å². The van der Waals surface area contributed by atoms with Gasteiger partial charge in [-0.25, -0.2) is 4.39 Å². The monoisotopic (exact) mass is 353 g/mol. The van der Waals surface area contributed by atoms with Gasteiger partial charge in [-0.3, -0.25) is 0 Å². The smallest absolute Gasteiger partial charge is 0.130 e. The van der Waals surface area contributed by atoms with Gasteiger partial charge in [0.05, 0.1) is 0 Å². The molecule has 0 aliphatic heterocycles. The van der Waals surface area contributed by atoms with Gasteiger partial charge < -0.3 is 10.5 Å². The molecule has 2 N–H and O–H groups in total. The third-order valence-electron chi connectivity index (χ3n) is 2.86. The Morgan fingerprint density at radius 3 is 2.65 bits per heavy atom. The van der Waals surface area contributed by atoms with Crippen LogP contribution in [0.15, 0.2) is 40.9 Å². The lowest BCUT2D eigenvalue weighted by Gasteiger charge is -2.10. The molecule has 0 aliphatic carbocycles. The predicted octanol–water partition coefficient (Wildman–Crippen LogP) is 4.11. The van der Waals surface area contributed by atoms with Crippen LogP contribution in [-0.4, -0.2) is 4.99 Å². The van der Waals surface area contributed by atoms with Gasteiger partial charge in [0.2, 0.25) is 0 Å². The molecule has 0 spiro atoms. The fraction of sp³-hybridized carbons (Fsp3) is 0.133. The molecule has 0 unspecified atom stereocenters. The van der Waals surface area contributed by atoms with Crippen LogP contribution in [-0.2, 0) is 6.61 Å². The van der Waals surface area contributed by atoms with Crippen molar-refractivity contribution in [3.05, 3.63) is 63.4 Å². The minimum absolute atomic E-state index is 0.159. The van der Waals surface area contributed by atoms with Gasteiger partial charge in [0, 0.05) is 15.6 Å². The highest BCUT2D eigenvalue weighted by Gasteiger charge is 2.07. The number of halogens is 2. The quantitative estimate of drug-likeness (QED) is 0.840. The molecule has 0 aliphatic rings. The number of rotatable bonds is 4. The van der Waals surface area contributed by atoms with E-state index in [0.717, 1.165) is 15.8 Å². The summed E-state index contributed by atoms with van der Waals surface area (Å²) in [4.78, 5) is 0.181. The number of ether oxygens (including phenoxy) is 1. The van der Waals surface area contributed by atoms with Crippen molar-refractivity contribution in [1.29, 1.82) is 0 Å². The molecular formula is C15H13BrFNOS. The highest BCUT2D eigenvalue weighted by molar-refractivity contribution is 9.10. The molecule has 0 atom stereocenters. The first-order chi connectivity index (χ1) is 9.47. The van der Waals surface area contributed by atoms with Crippen molar-refractivity contribution in [3.63, 3.8) is 0 Å². The van der Waals surface area contributed by atoms with Crippen molar-refractivity contribution >= 4 is 33.1 Å². The Hall–Kier alpha value is -1.46. The molecule has 0 saturated carbocycles. The largest absolute Gasteiger partial charge is 0.489 e. The molecule has 0 fully saturated rings. The van der Waals surface area contributed by atoms with E-state index in [-0.39, 0.29) is 17.4 Å². The fourth-order valence-electron chi connectivity index (χ4n) is 1.75. The molecule has 0 saturated heterocycles. The van der Waals surface area contributed by atoms with Gasteiger partial charge >= 0.3 is 0 Å². The summed E-state index contributed by atoms with van der Waals surface area (Å²) in [5.41, 5.74) is 7.43. The number of aryl methyl sites for hydroxylation is 1. The summed E-state index contributed by atoms with van der Waals surface area (Å²) in [6.45, 7) is 2.10. The van der Waals surface area contributed by atoms with Crippen LogP contribution in [0.25, 0.3) is 0 Å². The van der Waals surface area contributed by atoms with Crippen LogP contribution in [0.1, 0.15) is 16.7 Å². The first-order valence-corrected chi connectivity index (χ1v) is 7.14. The first kappa shape index (κ1) is 14.9. The van der Waals surface area contributed by atoms with Gasteiger partial charge in [0.25, 0.3) is 0 Å². The molecular weight excluding hydrogens is 341 g/mol. The minimum atomic E-state index is -0.370. The molecule has 5 heteroatoms. The Balaban J connectivity index is 2.13. The van der Waals surface area contributed by atoms with Crippen molar-refractivity contribution in [2.24, 2.45) is 5.73 Å². The molecule has 0 bridgehead atoms. The first-order valence-electron chi connectivity index (χ1n) is 5.94. The topological polar surface area (TPSA) is 35.2 Å². The second-order valence-electron chi connectivity index (χ2n) is 4.37. The maximum absolute atomic E-state index is 13.9.